The summed E-state index contributed by atoms with van der Waals surface area (Å²) in [6.07, 6.45) is 4.53. The third kappa shape index (κ3) is 2.33. The van der Waals surface area contributed by atoms with Crippen molar-refractivity contribution in [1.82, 2.24) is 9.88 Å². The number of hydrogen-bond acceptors (Lipinski definition) is 3. The van der Waals surface area contributed by atoms with Crippen molar-refractivity contribution >= 4 is 16.6 Å². The van der Waals surface area contributed by atoms with E-state index in [0.29, 0.717) is 0 Å². The molecule has 0 saturated carbocycles. The van der Waals surface area contributed by atoms with E-state index in [0.717, 1.165) is 48.1 Å². The van der Waals surface area contributed by atoms with Crippen LogP contribution >= 0.6 is 0 Å². The first-order valence-electron chi connectivity index (χ1n) is 7.95. The predicted molar refractivity (Wildman–Crippen MR) is 85.9 cm³/mol. The molecule has 0 radical (unpaired) electrons. The van der Waals surface area contributed by atoms with Gasteiger partial charge in [0.05, 0.1) is 11.2 Å². The molecule has 2 aliphatic rings. The molecule has 0 atom stereocenters. The van der Waals surface area contributed by atoms with Gasteiger partial charge < -0.3 is 10.3 Å². The Hall–Kier alpha value is -1.81. The first-order chi connectivity index (χ1) is 10.3. The van der Waals surface area contributed by atoms with Gasteiger partial charge in [-0.2, -0.15) is 0 Å². The fourth-order valence-electron chi connectivity index (χ4n) is 3.60. The summed E-state index contributed by atoms with van der Waals surface area (Å²) in [5.41, 5.74) is 4.29. The molecular formula is C17H21N3O. The maximum absolute atomic E-state index is 12.2. The van der Waals surface area contributed by atoms with Crippen molar-refractivity contribution in [2.24, 2.45) is 0 Å². The molecular weight excluding hydrogens is 262 g/mol. The van der Waals surface area contributed by atoms with Gasteiger partial charge in [0.25, 0.3) is 5.56 Å². The third-order valence-electron chi connectivity index (χ3n) is 4.69. The van der Waals surface area contributed by atoms with Crippen LogP contribution in [0.4, 0.5) is 5.69 Å². The van der Waals surface area contributed by atoms with Crippen molar-refractivity contribution in [1.29, 1.82) is 0 Å². The second kappa shape index (κ2) is 5.19. The Bertz CT molecular complexity index is 729. The minimum atomic E-state index is 0.0722. The summed E-state index contributed by atoms with van der Waals surface area (Å²) in [5.74, 6) is 0. The van der Waals surface area contributed by atoms with Gasteiger partial charge in [0, 0.05) is 24.0 Å². The summed E-state index contributed by atoms with van der Waals surface area (Å²) >= 11 is 0. The quantitative estimate of drug-likeness (QED) is 0.890. The number of aromatic amines is 1. The minimum Gasteiger partial charge on any atom is -0.384 e. The number of fused-ring (bicyclic) bond motifs is 3. The van der Waals surface area contributed by atoms with Crippen LogP contribution < -0.4 is 10.9 Å². The lowest BCUT2D eigenvalue weighted by molar-refractivity contribution is 0.331. The Kier molecular flexibility index (Phi) is 3.19. The highest BCUT2D eigenvalue weighted by molar-refractivity contribution is 5.93. The fourth-order valence-corrected chi connectivity index (χ4v) is 3.60. The van der Waals surface area contributed by atoms with Gasteiger partial charge in [-0.15, -0.1) is 0 Å². The molecule has 0 bridgehead atoms. The van der Waals surface area contributed by atoms with Crippen molar-refractivity contribution in [3.63, 3.8) is 0 Å². The van der Waals surface area contributed by atoms with E-state index in [4.69, 9.17) is 0 Å². The van der Waals surface area contributed by atoms with Crippen LogP contribution in [0.3, 0.4) is 0 Å². The summed E-state index contributed by atoms with van der Waals surface area (Å²) in [6, 6.07) is 6.51. The fraction of sp³-hybridized carbons (Fsp3) is 0.471. The Morgan fingerprint density at radius 3 is 2.86 bits per heavy atom. The smallest absolute Gasteiger partial charge is 0.253 e. The molecule has 2 aliphatic heterocycles. The standard InChI is InChI=1S/C17H21N3O/c21-17-14-4-3-7-18-16(14)13-6-5-12(10-15(13)19-17)11-20-8-1-2-9-20/h5-6,10,18H,1-4,7-9,11H2,(H,19,21). The Labute approximate surface area is 124 Å². The lowest BCUT2D eigenvalue weighted by Gasteiger charge is -2.20. The van der Waals surface area contributed by atoms with Gasteiger partial charge in [-0.3, -0.25) is 9.69 Å². The number of anilines is 1. The van der Waals surface area contributed by atoms with Gasteiger partial charge >= 0.3 is 0 Å². The maximum Gasteiger partial charge on any atom is 0.253 e. The van der Waals surface area contributed by atoms with Gasteiger partial charge in [-0.05, 0) is 50.4 Å². The summed E-state index contributed by atoms with van der Waals surface area (Å²) in [5, 5.41) is 4.56. The van der Waals surface area contributed by atoms with E-state index >= 15 is 0 Å². The second-order valence-electron chi connectivity index (χ2n) is 6.20. The number of aromatic nitrogens is 1. The molecule has 1 fully saturated rings. The summed E-state index contributed by atoms with van der Waals surface area (Å²) in [4.78, 5) is 17.8. The molecule has 3 heterocycles. The minimum absolute atomic E-state index is 0.0722. The van der Waals surface area contributed by atoms with Crippen LogP contribution in [0, 0.1) is 0 Å². The Morgan fingerprint density at radius 2 is 2.00 bits per heavy atom. The van der Waals surface area contributed by atoms with E-state index in [2.05, 4.69) is 33.4 Å². The molecule has 0 spiro atoms. The van der Waals surface area contributed by atoms with Gasteiger partial charge in [0.15, 0.2) is 0 Å². The summed E-state index contributed by atoms with van der Waals surface area (Å²) in [7, 11) is 0. The molecule has 4 nitrogen and oxygen atoms in total. The van der Waals surface area contributed by atoms with Crippen LogP contribution in [0.1, 0.15) is 30.4 Å². The van der Waals surface area contributed by atoms with Gasteiger partial charge in [-0.1, -0.05) is 12.1 Å². The molecule has 0 amide bonds. The van der Waals surface area contributed by atoms with E-state index in [1.807, 2.05) is 0 Å². The van der Waals surface area contributed by atoms with Gasteiger partial charge in [0.2, 0.25) is 0 Å². The first kappa shape index (κ1) is 12.9. The average molecular weight is 283 g/mol. The van der Waals surface area contributed by atoms with E-state index in [1.54, 1.807) is 0 Å². The highest BCUT2D eigenvalue weighted by Crippen LogP contribution is 2.28. The lowest BCUT2D eigenvalue weighted by atomic mass is 10.0. The summed E-state index contributed by atoms with van der Waals surface area (Å²) < 4.78 is 0. The van der Waals surface area contributed by atoms with Crippen LogP contribution in [-0.4, -0.2) is 29.5 Å². The number of hydrogen-bond donors (Lipinski definition) is 2. The highest BCUT2D eigenvalue weighted by atomic mass is 16.1. The monoisotopic (exact) mass is 283 g/mol. The number of H-pyrrole nitrogens is 1. The molecule has 0 aliphatic carbocycles. The van der Waals surface area contributed by atoms with Gasteiger partial charge in [0.1, 0.15) is 0 Å². The molecule has 21 heavy (non-hydrogen) atoms. The number of nitrogens with zero attached hydrogens (tertiary/aromatic N) is 1. The molecule has 4 rings (SSSR count). The normalized spacial score (nSPS) is 18.7. The van der Waals surface area contributed by atoms with Crippen LogP contribution in [0.5, 0.6) is 0 Å². The van der Waals surface area contributed by atoms with Crippen molar-refractivity contribution < 1.29 is 0 Å². The van der Waals surface area contributed by atoms with Crippen molar-refractivity contribution in [2.45, 2.75) is 32.2 Å². The van der Waals surface area contributed by atoms with Crippen LogP contribution in [0.2, 0.25) is 0 Å². The summed E-state index contributed by atoms with van der Waals surface area (Å²) in [6.45, 7) is 4.34. The van der Waals surface area contributed by atoms with Crippen LogP contribution in [0.15, 0.2) is 23.0 Å². The van der Waals surface area contributed by atoms with E-state index < -0.39 is 0 Å². The molecule has 1 saturated heterocycles. The van der Waals surface area contributed by atoms with Crippen molar-refractivity contribution in [2.75, 3.05) is 25.0 Å². The third-order valence-corrected chi connectivity index (χ3v) is 4.69. The SMILES string of the molecule is O=c1[nH]c2cc(CN3CCCC3)ccc2c2c1CCCN2. The highest BCUT2D eigenvalue weighted by Gasteiger charge is 2.17. The number of rotatable bonds is 2. The van der Waals surface area contributed by atoms with E-state index in [1.165, 1.54) is 31.5 Å². The van der Waals surface area contributed by atoms with Crippen molar-refractivity contribution in [3.8, 4) is 0 Å². The number of nitrogens with one attached hydrogen (secondary N) is 2. The topological polar surface area (TPSA) is 48.1 Å². The van der Waals surface area contributed by atoms with Crippen LogP contribution in [-0.2, 0) is 13.0 Å². The number of benzene rings is 1. The second-order valence-corrected chi connectivity index (χ2v) is 6.20. The maximum atomic E-state index is 12.2. The largest absolute Gasteiger partial charge is 0.384 e. The molecule has 1 aromatic carbocycles. The number of likely N-dealkylation sites (tertiary alicyclic amines) is 1. The molecule has 2 N–H and O–H groups in total. The molecule has 110 valence electrons. The zero-order chi connectivity index (χ0) is 14.2. The molecule has 2 aromatic rings. The van der Waals surface area contributed by atoms with Gasteiger partial charge in [-0.25, -0.2) is 0 Å². The van der Waals surface area contributed by atoms with E-state index in [-0.39, 0.29) is 5.56 Å². The zero-order valence-electron chi connectivity index (χ0n) is 12.2. The van der Waals surface area contributed by atoms with Crippen LogP contribution in [0.25, 0.3) is 10.9 Å². The van der Waals surface area contributed by atoms with E-state index in [9.17, 15) is 4.79 Å². The average Bonchev–Trinajstić information content (AvgIpc) is 3.00. The number of pyridine rings is 1. The molecule has 1 aromatic heterocycles. The Balaban J connectivity index is 1.75. The zero-order valence-corrected chi connectivity index (χ0v) is 12.2. The molecule has 0 unspecified atom stereocenters. The molecule has 4 heteroatoms. The lowest BCUT2D eigenvalue weighted by Crippen LogP contribution is -2.22. The first-order valence-corrected chi connectivity index (χ1v) is 7.95. The van der Waals surface area contributed by atoms with Crippen molar-refractivity contribution in [3.05, 3.63) is 39.7 Å². The Morgan fingerprint density at radius 1 is 1.14 bits per heavy atom. The predicted octanol–water partition coefficient (Wildman–Crippen LogP) is 2.48.